The summed E-state index contributed by atoms with van der Waals surface area (Å²) >= 11 is 5.96. The first-order valence-electron chi connectivity index (χ1n) is 7.25. The fourth-order valence-electron chi connectivity index (χ4n) is 2.72. The van der Waals surface area contributed by atoms with E-state index in [-0.39, 0.29) is 5.91 Å². The van der Waals surface area contributed by atoms with Crippen LogP contribution in [0, 0.1) is 0 Å². The van der Waals surface area contributed by atoms with Crippen LogP contribution in [-0.4, -0.2) is 10.9 Å². The van der Waals surface area contributed by atoms with Crippen LogP contribution in [-0.2, 0) is 19.3 Å². The molecule has 1 amide bonds. The minimum absolute atomic E-state index is 0.146. The average Bonchev–Trinajstić information content (AvgIpc) is 2.94. The first-order valence-corrected chi connectivity index (χ1v) is 7.63. The molecule has 0 unspecified atom stereocenters. The summed E-state index contributed by atoms with van der Waals surface area (Å²) < 4.78 is 0. The molecule has 0 saturated carbocycles. The van der Waals surface area contributed by atoms with Gasteiger partial charge in [0.05, 0.1) is 0 Å². The maximum absolute atomic E-state index is 12.3. The van der Waals surface area contributed by atoms with Gasteiger partial charge in [0.1, 0.15) is 5.15 Å². The number of benzene rings is 1. The molecule has 1 aromatic heterocycles. The van der Waals surface area contributed by atoms with Crippen LogP contribution < -0.4 is 5.32 Å². The first kappa shape index (κ1) is 14.1. The number of hydrogen-bond acceptors (Lipinski definition) is 2. The second-order valence-electron chi connectivity index (χ2n) is 5.31. The number of nitrogens with zero attached hydrogens (tertiary/aromatic N) is 1. The van der Waals surface area contributed by atoms with E-state index in [9.17, 15) is 4.79 Å². The second-order valence-corrected chi connectivity index (χ2v) is 5.70. The van der Waals surface area contributed by atoms with E-state index in [2.05, 4.69) is 22.4 Å². The summed E-state index contributed by atoms with van der Waals surface area (Å²) in [5.74, 6) is -0.146. The predicted molar refractivity (Wildman–Crippen MR) is 85.0 cm³/mol. The van der Waals surface area contributed by atoms with E-state index in [0.717, 1.165) is 30.6 Å². The highest BCUT2D eigenvalue weighted by Gasteiger charge is 2.13. The van der Waals surface area contributed by atoms with Gasteiger partial charge >= 0.3 is 0 Å². The number of amides is 1. The van der Waals surface area contributed by atoms with Crippen molar-refractivity contribution in [1.29, 1.82) is 0 Å². The number of rotatable bonds is 3. The van der Waals surface area contributed by atoms with Gasteiger partial charge in [-0.15, -0.1) is 0 Å². The molecule has 108 valence electrons. The Labute approximate surface area is 129 Å². The lowest BCUT2D eigenvalue weighted by atomic mass is 10.1. The number of anilines is 1. The molecule has 1 heterocycles. The number of fused-ring (bicyclic) bond motifs is 1. The lowest BCUT2D eigenvalue weighted by molar-refractivity contribution is 0.102. The minimum atomic E-state index is -0.146. The van der Waals surface area contributed by atoms with Gasteiger partial charge in [0.15, 0.2) is 0 Å². The maximum atomic E-state index is 12.3. The van der Waals surface area contributed by atoms with Gasteiger partial charge in [-0.3, -0.25) is 4.79 Å². The number of pyridine rings is 1. The van der Waals surface area contributed by atoms with Crippen LogP contribution in [0.2, 0.25) is 5.15 Å². The smallest absolute Gasteiger partial charge is 0.255 e. The van der Waals surface area contributed by atoms with Crippen LogP contribution >= 0.6 is 11.6 Å². The van der Waals surface area contributed by atoms with E-state index in [1.165, 1.54) is 17.5 Å². The van der Waals surface area contributed by atoms with Crippen molar-refractivity contribution in [2.45, 2.75) is 32.6 Å². The Kier molecular flexibility index (Phi) is 3.93. The van der Waals surface area contributed by atoms with E-state index in [0.29, 0.717) is 10.7 Å². The standard InChI is InChI=1S/C17H17ClN2O/c1-2-14-9-13(10-16(18)19-14)17(21)20-15-7-6-11-4-3-5-12(11)8-15/h6-10H,2-5H2,1H3,(H,20,21). The lowest BCUT2D eigenvalue weighted by Gasteiger charge is -2.08. The molecule has 1 aliphatic rings. The Balaban J connectivity index is 1.81. The zero-order valence-electron chi connectivity index (χ0n) is 11.9. The Bertz CT molecular complexity index is 697. The number of nitrogens with one attached hydrogen (secondary N) is 1. The quantitative estimate of drug-likeness (QED) is 0.869. The molecule has 3 rings (SSSR count). The van der Waals surface area contributed by atoms with Gasteiger partial charge in [-0.25, -0.2) is 4.98 Å². The SMILES string of the molecule is CCc1cc(C(=O)Nc2ccc3c(c2)CCC3)cc(Cl)n1. The molecule has 0 fully saturated rings. The third-order valence-corrected chi connectivity index (χ3v) is 4.02. The normalized spacial score (nSPS) is 13.0. The Morgan fingerprint density at radius 3 is 2.86 bits per heavy atom. The molecule has 1 N–H and O–H groups in total. The van der Waals surface area contributed by atoms with Gasteiger partial charge in [-0.1, -0.05) is 24.6 Å². The minimum Gasteiger partial charge on any atom is -0.322 e. The Hall–Kier alpha value is -1.87. The van der Waals surface area contributed by atoms with E-state index >= 15 is 0 Å². The van der Waals surface area contributed by atoms with E-state index in [4.69, 9.17) is 11.6 Å². The fraction of sp³-hybridized carbons (Fsp3) is 0.294. The summed E-state index contributed by atoms with van der Waals surface area (Å²) in [6.07, 6.45) is 4.19. The maximum Gasteiger partial charge on any atom is 0.255 e. The molecule has 1 aromatic carbocycles. The summed E-state index contributed by atoms with van der Waals surface area (Å²) in [4.78, 5) is 16.5. The van der Waals surface area contributed by atoms with Gasteiger partial charge in [0.25, 0.3) is 5.91 Å². The molecule has 0 saturated heterocycles. The summed E-state index contributed by atoms with van der Waals surface area (Å²) in [5.41, 5.74) is 4.95. The van der Waals surface area contributed by atoms with E-state index in [1.807, 2.05) is 13.0 Å². The molecule has 0 atom stereocenters. The van der Waals surface area contributed by atoms with Gasteiger partial charge in [-0.2, -0.15) is 0 Å². The number of aromatic nitrogens is 1. The topological polar surface area (TPSA) is 42.0 Å². The Morgan fingerprint density at radius 2 is 2.05 bits per heavy atom. The van der Waals surface area contributed by atoms with Crippen molar-refractivity contribution in [3.05, 3.63) is 57.9 Å². The van der Waals surface area contributed by atoms with Crippen molar-refractivity contribution in [2.75, 3.05) is 5.32 Å². The van der Waals surface area contributed by atoms with Crippen LogP contribution in [0.15, 0.2) is 30.3 Å². The monoisotopic (exact) mass is 300 g/mol. The van der Waals surface area contributed by atoms with Gasteiger partial charge in [0, 0.05) is 16.9 Å². The highest BCUT2D eigenvalue weighted by atomic mass is 35.5. The van der Waals surface area contributed by atoms with Crippen molar-refractivity contribution in [1.82, 2.24) is 4.98 Å². The number of hydrogen-bond donors (Lipinski definition) is 1. The molecule has 3 nitrogen and oxygen atoms in total. The second kappa shape index (κ2) is 5.86. The molecule has 2 aromatic rings. The van der Waals surface area contributed by atoms with E-state index < -0.39 is 0 Å². The van der Waals surface area contributed by atoms with Crippen LogP contribution in [0.1, 0.15) is 40.5 Å². The summed E-state index contributed by atoms with van der Waals surface area (Å²) in [7, 11) is 0. The van der Waals surface area contributed by atoms with Gasteiger partial charge in [-0.05, 0) is 61.1 Å². The molecular weight excluding hydrogens is 284 g/mol. The zero-order chi connectivity index (χ0) is 14.8. The molecule has 21 heavy (non-hydrogen) atoms. The number of carbonyl (C=O) groups excluding carboxylic acids is 1. The van der Waals surface area contributed by atoms with Crippen molar-refractivity contribution in [3.8, 4) is 0 Å². The average molecular weight is 301 g/mol. The Morgan fingerprint density at radius 1 is 1.24 bits per heavy atom. The van der Waals surface area contributed by atoms with Crippen LogP contribution in [0.25, 0.3) is 0 Å². The number of aryl methyl sites for hydroxylation is 3. The van der Waals surface area contributed by atoms with Gasteiger partial charge < -0.3 is 5.32 Å². The number of halogens is 1. The van der Waals surface area contributed by atoms with Crippen molar-refractivity contribution in [2.24, 2.45) is 0 Å². The molecule has 1 aliphatic carbocycles. The van der Waals surface area contributed by atoms with E-state index in [1.54, 1.807) is 12.1 Å². The van der Waals surface area contributed by atoms with Crippen molar-refractivity contribution in [3.63, 3.8) is 0 Å². The third kappa shape index (κ3) is 3.08. The third-order valence-electron chi connectivity index (χ3n) is 3.83. The van der Waals surface area contributed by atoms with Crippen LogP contribution in [0.5, 0.6) is 0 Å². The largest absolute Gasteiger partial charge is 0.322 e. The molecule has 0 spiro atoms. The highest BCUT2D eigenvalue weighted by Crippen LogP contribution is 2.25. The number of carbonyl (C=O) groups is 1. The summed E-state index contributed by atoms with van der Waals surface area (Å²) in [5, 5.41) is 3.30. The highest BCUT2D eigenvalue weighted by molar-refractivity contribution is 6.29. The van der Waals surface area contributed by atoms with Crippen LogP contribution in [0.4, 0.5) is 5.69 Å². The predicted octanol–water partition coefficient (Wildman–Crippen LogP) is 4.04. The lowest BCUT2D eigenvalue weighted by Crippen LogP contribution is -2.13. The molecule has 4 heteroatoms. The van der Waals surface area contributed by atoms with Crippen LogP contribution in [0.3, 0.4) is 0 Å². The fourth-order valence-corrected chi connectivity index (χ4v) is 2.94. The molecular formula is C17H17ClN2O. The zero-order valence-corrected chi connectivity index (χ0v) is 12.7. The first-order chi connectivity index (χ1) is 10.2. The van der Waals surface area contributed by atoms with Gasteiger partial charge in [0.2, 0.25) is 0 Å². The van der Waals surface area contributed by atoms with Crippen molar-refractivity contribution >= 4 is 23.2 Å². The summed E-state index contributed by atoms with van der Waals surface area (Å²) in [6.45, 7) is 1.99. The molecule has 0 radical (unpaired) electrons. The molecule has 0 bridgehead atoms. The summed E-state index contributed by atoms with van der Waals surface area (Å²) in [6, 6.07) is 9.53. The molecule has 0 aliphatic heterocycles. The van der Waals surface area contributed by atoms with Crippen molar-refractivity contribution < 1.29 is 4.79 Å².